The van der Waals surface area contributed by atoms with E-state index >= 15 is 0 Å². The third-order valence-electron chi connectivity index (χ3n) is 12.4. The van der Waals surface area contributed by atoms with Crippen LogP contribution in [0.2, 0.25) is 0 Å². The Labute approximate surface area is 342 Å². The first-order chi connectivity index (χ1) is 25.5. The molecule has 280 valence electrons. The van der Waals surface area contributed by atoms with E-state index in [1.165, 1.54) is 71.0 Å². The molecule has 0 amide bonds. The number of allylic oxidation sites excluding steroid dienone is 4. The van der Waals surface area contributed by atoms with Crippen molar-refractivity contribution in [3.63, 3.8) is 0 Å². The number of hydrogen-bond acceptors (Lipinski definition) is 0. The van der Waals surface area contributed by atoms with Gasteiger partial charge in [-0.15, -0.1) is 24.8 Å². The van der Waals surface area contributed by atoms with Gasteiger partial charge >= 0.3 is 321 Å². The van der Waals surface area contributed by atoms with Crippen molar-refractivity contribution in [3.05, 3.63) is 183 Å². The summed E-state index contributed by atoms with van der Waals surface area (Å²) >= 11 is -5.21. The summed E-state index contributed by atoms with van der Waals surface area (Å²) in [5.41, 5.74) is 14.8. The number of rotatable bonds is 8. The third-order valence-corrected chi connectivity index (χ3v) is 28.8. The molecule has 0 aliphatic heterocycles. The molecule has 0 heterocycles. The molecule has 1 atom stereocenters. The van der Waals surface area contributed by atoms with Gasteiger partial charge in [-0.25, -0.2) is 0 Å². The van der Waals surface area contributed by atoms with Gasteiger partial charge in [-0.1, -0.05) is 0 Å². The SMILES string of the molecule is Cl.Cl.[CH2]=[Zr]([C]1=CC(C(C)(C)C)=CC1CCC)([c]1ccc(C)cc1)([c]1ccc(C)cc1)[c]1c(-c2ccccc2)ccc2c1Cc1cc(-c3ccccc3)ccc1-2. The first-order valence-corrected chi connectivity index (χ1v) is 26.2. The van der Waals surface area contributed by atoms with Crippen molar-refractivity contribution in [3.8, 4) is 33.4 Å². The minimum absolute atomic E-state index is 0. The van der Waals surface area contributed by atoms with Crippen LogP contribution in [0.5, 0.6) is 0 Å². The summed E-state index contributed by atoms with van der Waals surface area (Å²) in [6, 6.07) is 53.3. The Kier molecular flexibility index (Phi) is 11.6. The number of halogens is 2. The summed E-state index contributed by atoms with van der Waals surface area (Å²) in [7, 11) is 0. The van der Waals surface area contributed by atoms with Crippen LogP contribution in [0.3, 0.4) is 0 Å². The molecule has 0 nitrogen and oxygen atoms in total. The van der Waals surface area contributed by atoms with Gasteiger partial charge in [-0.05, 0) is 0 Å². The third kappa shape index (κ3) is 6.75. The fourth-order valence-electron chi connectivity index (χ4n) is 9.57. The molecule has 1 unspecified atom stereocenters. The quantitative estimate of drug-likeness (QED) is 0.143. The molecule has 0 saturated carbocycles. The molecule has 0 aromatic heterocycles. The molecular weight excluding hydrogens is 787 g/mol. The van der Waals surface area contributed by atoms with Gasteiger partial charge in [-0.3, -0.25) is 0 Å². The first-order valence-electron chi connectivity index (χ1n) is 19.5. The molecule has 3 heteroatoms. The number of aryl methyl sites for hydroxylation is 2. The van der Waals surface area contributed by atoms with Crippen molar-refractivity contribution in [2.75, 3.05) is 0 Å². The molecule has 0 bridgehead atoms. The Morgan fingerprint density at radius 1 is 0.618 bits per heavy atom. The zero-order chi connectivity index (χ0) is 37.0. The normalized spacial score (nSPS) is 14.9. The van der Waals surface area contributed by atoms with Crippen molar-refractivity contribution in [1.29, 1.82) is 0 Å². The molecule has 6 aromatic rings. The molecule has 0 saturated heterocycles. The summed E-state index contributed by atoms with van der Waals surface area (Å²) in [6.07, 6.45) is 8.41. The average molecular weight is 841 g/mol. The predicted octanol–water partition coefficient (Wildman–Crippen LogP) is 12.7. The van der Waals surface area contributed by atoms with Crippen LogP contribution in [-0.2, 0) is 24.7 Å². The monoisotopic (exact) mass is 838 g/mol. The van der Waals surface area contributed by atoms with E-state index in [1.807, 2.05) is 0 Å². The second-order valence-electron chi connectivity index (χ2n) is 16.9. The molecule has 0 radical (unpaired) electrons. The summed E-state index contributed by atoms with van der Waals surface area (Å²) in [4.78, 5) is 0. The van der Waals surface area contributed by atoms with Crippen molar-refractivity contribution >= 4 is 38.8 Å². The Morgan fingerprint density at radius 3 is 1.69 bits per heavy atom. The molecule has 8 rings (SSSR count). The van der Waals surface area contributed by atoms with Crippen molar-refractivity contribution in [2.45, 2.75) is 60.8 Å². The van der Waals surface area contributed by atoms with Crippen LogP contribution in [0.1, 0.15) is 62.8 Å². The molecule has 6 aromatic carbocycles. The number of hydrogen-bond donors (Lipinski definition) is 0. The van der Waals surface area contributed by atoms with Gasteiger partial charge in [-0.2, -0.15) is 0 Å². The molecule has 2 aliphatic carbocycles. The number of fused-ring (bicyclic) bond motifs is 3. The zero-order valence-electron chi connectivity index (χ0n) is 33.2. The Balaban J connectivity index is 0.00000257. The zero-order valence-corrected chi connectivity index (χ0v) is 37.2. The fourth-order valence-corrected chi connectivity index (χ4v) is 26.5. The van der Waals surface area contributed by atoms with Gasteiger partial charge in [0.25, 0.3) is 0 Å². The summed E-state index contributed by atoms with van der Waals surface area (Å²) in [5.74, 6) is 0.313. The number of benzene rings is 6. The maximum atomic E-state index is 6.00. The molecular formula is C52H54Cl2Zr. The van der Waals surface area contributed by atoms with Crippen LogP contribution in [0.15, 0.2) is 161 Å². The second-order valence-corrected chi connectivity index (χ2v) is 29.5. The van der Waals surface area contributed by atoms with Crippen LogP contribution in [0.25, 0.3) is 33.4 Å². The standard InChI is InChI=1S/C25H17.C12H19.2C7H7.CH2.2ClH.Zr/c1-3-7-18(8-4-1)20-11-13-24-22(15-20)17-23-16-21(12-14-25(23)24)19-9-5-2-6-10-19;1-5-6-10-7-8-11(9-10)12(2,3)4;2*1-7-5-3-2-4-6-7;;;;/h1-15H,17H2;8-10H,5-6H2,1-4H3;2*3-6H,1H3;1H2;2*1H;. The van der Waals surface area contributed by atoms with Crippen LogP contribution in [0, 0.1) is 25.2 Å². The van der Waals surface area contributed by atoms with Crippen LogP contribution >= 0.6 is 24.8 Å². The molecule has 0 spiro atoms. The topological polar surface area (TPSA) is 0 Å². The van der Waals surface area contributed by atoms with E-state index in [-0.39, 0.29) is 30.2 Å². The van der Waals surface area contributed by atoms with E-state index < -0.39 is 18.3 Å². The summed E-state index contributed by atoms with van der Waals surface area (Å²) in [6.45, 7) is 13.9. The molecule has 0 fully saturated rings. The van der Waals surface area contributed by atoms with Crippen molar-refractivity contribution < 1.29 is 18.3 Å². The molecule has 55 heavy (non-hydrogen) atoms. The Hall–Kier alpha value is -3.87. The van der Waals surface area contributed by atoms with Crippen LogP contribution in [-0.4, -0.2) is 4.21 Å². The second kappa shape index (κ2) is 15.6. The van der Waals surface area contributed by atoms with Gasteiger partial charge in [0.2, 0.25) is 0 Å². The first kappa shape index (κ1) is 40.8. The van der Waals surface area contributed by atoms with Gasteiger partial charge in [0.15, 0.2) is 0 Å². The fraction of sp³-hybridized carbons (Fsp3) is 0.212. The Bertz CT molecular complexity index is 2410. The van der Waals surface area contributed by atoms with Crippen molar-refractivity contribution in [1.82, 2.24) is 0 Å². The van der Waals surface area contributed by atoms with Gasteiger partial charge in [0.05, 0.1) is 0 Å². The van der Waals surface area contributed by atoms with E-state index in [0.717, 1.165) is 19.3 Å². The van der Waals surface area contributed by atoms with E-state index in [1.54, 1.807) is 3.28 Å². The predicted molar refractivity (Wildman–Crippen MR) is 242 cm³/mol. The van der Waals surface area contributed by atoms with Crippen LogP contribution in [0.4, 0.5) is 0 Å². The summed E-state index contributed by atoms with van der Waals surface area (Å²) < 4.78 is 11.9. The van der Waals surface area contributed by atoms with Crippen LogP contribution < -0.4 is 9.81 Å². The van der Waals surface area contributed by atoms with Gasteiger partial charge in [0.1, 0.15) is 0 Å². The van der Waals surface area contributed by atoms with Gasteiger partial charge < -0.3 is 0 Å². The maximum absolute atomic E-state index is 6.00. The van der Waals surface area contributed by atoms with Crippen molar-refractivity contribution in [2.24, 2.45) is 11.3 Å². The van der Waals surface area contributed by atoms with E-state index in [2.05, 4.69) is 193 Å². The van der Waals surface area contributed by atoms with Gasteiger partial charge in [0, 0.05) is 0 Å². The minimum atomic E-state index is -5.21. The summed E-state index contributed by atoms with van der Waals surface area (Å²) in [5, 5.41) is 0. The van der Waals surface area contributed by atoms with E-state index in [0.29, 0.717) is 5.92 Å². The van der Waals surface area contributed by atoms with E-state index in [4.69, 9.17) is 4.21 Å². The average Bonchev–Trinajstić information content (AvgIpc) is 3.78. The molecule has 0 N–H and O–H groups in total. The molecule has 2 aliphatic rings. The Morgan fingerprint density at radius 2 is 1.15 bits per heavy atom. The van der Waals surface area contributed by atoms with E-state index in [9.17, 15) is 0 Å².